The molecule has 1 amide bonds. The maximum absolute atomic E-state index is 12.4. The number of nitrogens with zero attached hydrogens (tertiary/aromatic N) is 2. The smallest absolute Gasteiger partial charge is 0.223 e. The number of benzene rings is 2. The van der Waals surface area contributed by atoms with E-state index in [4.69, 9.17) is 11.6 Å². The Bertz CT molecular complexity index is 803. The molecule has 7 heteroatoms. The third-order valence-corrected chi connectivity index (χ3v) is 5.05. The quantitative estimate of drug-likeness (QED) is 0.267. The van der Waals surface area contributed by atoms with Gasteiger partial charge in [0.05, 0.1) is 0 Å². The largest absolute Gasteiger partial charge is 0.356 e. The third kappa shape index (κ3) is 6.10. The van der Waals surface area contributed by atoms with Crippen LogP contribution >= 0.6 is 35.6 Å². The van der Waals surface area contributed by atoms with Crippen LogP contribution in [-0.2, 0) is 24.4 Å². The van der Waals surface area contributed by atoms with E-state index in [-0.39, 0.29) is 29.9 Å². The first kappa shape index (κ1) is 22.5. The lowest BCUT2D eigenvalue weighted by Crippen LogP contribution is -2.37. The fourth-order valence-corrected chi connectivity index (χ4v) is 3.36. The van der Waals surface area contributed by atoms with Crippen LogP contribution in [-0.4, -0.2) is 30.4 Å². The molecule has 3 rings (SSSR count). The summed E-state index contributed by atoms with van der Waals surface area (Å²) in [5, 5.41) is 7.22. The van der Waals surface area contributed by atoms with E-state index in [2.05, 4.69) is 27.8 Å². The molecule has 2 N–H and O–H groups in total. The minimum absolute atomic E-state index is 0. The molecule has 1 heterocycles. The lowest BCUT2D eigenvalue weighted by atomic mass is 10.1. The monoisotopic (exact) mass is 512 g/mol. The molecule has 0 spiro atoms. The van der Waals surface area contributed by atoms with Gasteiger partial charge in [-0.05, 0) is 29.2 Å². The highest BCUT2D eigenvalue weighted by Gasteiger charge is 2.22. The summed E-state index contributed by atoms with van der Waals surface area (Å²) >= 11 is 6.17. The number of halogens is 2. The highest BCUT2D eigenvalue weighted by Crippen LogP contribution is 2.22. The predicted octanol–water partition coefficient (Wildman–Crippen LogP) is 3.95. The molecule has 5 nitrogen and oxygen atoms in total. The molecule has 0 bridgehead atoms. The summed E-state index contributed by atoms with van der Waals surface area (Å²) < 4.78 is 0. The second kappa shape index (κ2) is 11.3. The van der Waals surface area contributed by atoms with Crippen molar-refractivity contribution in [3.63, 3.8) is 0 Å². The van der Waals surface area contributed by atoms with Crippen molar-refractivity contribution in [2.75, 3.05) is 13.6 Å². The van der Waals surface area contributed by atoms with E-state index in [1.165, 1.54) is 11.1 Å². The number of rotatable bonds is 6. The Morgan fingerprint density at radius 2 is 1.71 bits per heavy atom. The van der Waals surface area contributed by atoms with Crippen LogP contribution in [0.5, 0.6) is 0 Å². The average molecular weight is 513 g/mol. The molecule has 0 atom stereocenters. The molecule has 0 radical (unpaired) electrons. The second-order valence-electron chi connectivity index (χ2n) is 6.57. The van der Waals surface area contributed by atoms with Gasteiger partial charge in [0.15, 0.2) is 5.96 Å². The van der Waals surface area contributed by atoms with Gasteiger partial charge in [-0.3, -0.25) is 9.79 Å². The van der Waals surface area contributed by atoms with Crippen molar-refractivity contribution in [1.29, 1.82) is 0 Å². The first-order chi connectivity index (χ1) is 13.2. The Kier molecular flexibility index (Phi) is 9.05. The highest BCUT2D eigenvalue weighted by molar-refractivity contribution is 14.0. The summed E-state index contributed by atoms with van der Waals surface area (Å²) in [5.74, 6) is 0.906. The average Bonchev–Trinajstić information content (AvgIpc) is 3.13. The van der Waals surface area contributed by atoms with Gasteiger partial charge in [-0.25, -0.2) is 0 Å². The molecule has 0 unspecified atom stereocenters. The van der Waals surface area contributed by atoms with Crippen LogP contribution < -0.4 is 10.6 Å². The summed E-state index contributed by atoms with van der Waals surface area (Å²) in [7, 11) is 1.73. The molecule has 2 aromatic rings. The van der Waals surface area contributed by atoms with E-state index >= 15 is 0 Å². The van der Waals surface area contributed by atoms with Crippen molar-refractivity contribution in [2.45, 2.75) is 32.5 Å². The number of fused-ring (bicyclic) bond motifs is 1. The van der Waals surface area contributed by atoms with Crippen molar-refractivity contribution in [2.24, 2.45) is 4.99 Å². The van der Waals surface area contributed by atoms with Gasteiger partial charge in [-0.1, -0.05) is 54.1 Å². The fraction of sp³-hybridized carbons (Fsp3) is 0.333. The number of aliphatic imine (C=N–C) groups is 1. The van der Waals surface area contributed by atoms with Gasteiger partial charge in [0, 0.05) is 44.7 Å². The minimum Gasteiger partial charge on any atom is -0.356 e. The topological polar surface area (TPSA) is 56.7 Å². The minimum atomic E-state index is 0. The molecule has 1 aliphatic heterocycles. The Morgan fingerprint density at radius 1 is 1.07 bits per heavy atom. The van der Waals surface area contributed by atoms with Crippen molar-refractivity contribution < 1.29 is 4.79 Å². The summed E-state index contributed by atoms with van der Waals surface area (Å²) in [6.07, 6.45) is 1.29. The van der Waals surface area contributed by atoms with Gasteiger partial charge in [0.2, 0.25) is 5.91 Å². The number of amides is 1. The van der Waals surface area contributed by atoms with Crippen molar-refractivity contribution in [3.05, 3.63) is 70.2 Å². The van der Waals surface area contributed by atoms with E-state index < -0.39 is 0 Å². The lowest BCUT2D eigenvalue weighted by molar-refractivity contribution is -0.131. The molecule has 0 aliphatic carbocycles. The Labute approximate surface area is 188 Å². The van der Waals surface area contributed by atoms with Crippen LogP contribution in [0.3, 0.4) is 0 Å². The maximum atomic E-state index is 12.4. The molecule has 0 saturated heterocycles. The van der Waals surface area contributed by atoms with Crippen molar-refractivity contribution in [1.82, 2.24) is 15.5 Å². The number of hydrogen-bond acceptors (Lipinski definition) is 2. The van der Waals surface area contributed by atoms with E-state index in [9.17, 15) is 4.79 Å². The molecule has 0 aromatic heterocycles. The number of hydrogen-bond donors (Lipinski definition) is 2. The van der Waals surface area contributed by atoms with E-state index in [1.807, 2.05) is 41.3 Å². The van der Waals surface area contributed by atoms with Gasteiger partial charge in [0.25, 0.3) is 0 Å². The third-order valence-electron chi connectivity index (χ3n) is 4.68. The first-order valence-electron chi connectivity index (χ1n) is 9.20. The van der Waals surface area contributed by atoms with Crippen LogP contribution in [0.1, 0.15) is 29.5 Å². The van der Waals surface area contributed by atoms with Crippen molar-refractivity contribution in [3.8, 4) is 0 Å². The normalized spacial score (nSPS) is 12.9. The van der Waals surface area contributed by atoms with Crippen molar-refractivity contribution >= 4 is 47.4 Å². The summed E-state index contributed by atoms with van der Waals surface area (Å²) in [6, 6.07) is 16.0. The summed E-state index contributed by atoms with van der Waals surface area (Å²) in [4.78, 5) is 18.5. The Hall–Kier alpha value is -1.80. The van der Waals surface area contributed by atoms with Crippen LogP contribution in [0.15, 0.2) is 53.5 Å². The molecule has 2 aromatic carbocycles. The SMILES string of the molecule is CN=C(NCCCC(=O)N1Cc2ccccc2C1)NCc1ccccc1Cl.I. The highest BCUT2D eigenvalue weighted by atomic mass is 127. The van der Waals surface area contributed by atoms with Crippen LogP contribution in [0.25, 0.3) is 0 Å². The fourth-order valence-electron chi connectivity index (χ4n) is 3.16. The van der Waals surface area contributed by atoms with Crippen LogP contribution in [0.2, 0.25) is 5.02 Å². The molecule has 1 aliphatic rings. The van der Waals surface area contributed by atoms with Crippen LogP contribution in [0.4, 0.5) is 0 Å². The Morgan fingerprint density at radius 3 is 2.36 bits per heavy atom. The zero-order chi connectivity index (χ0) is 19.1. The van der Waals surface area contributed by atoms with Gasteiger partial charge in [0.1, 0.15) is 0 Å². The second-order valence-corrected chi connectivity index (χ2v) is 6.97. The van der Waals surface area contributed by atoms with E-state index in [1.54, 1.807) is 7.05 Å². The van der Waals surface area contributed by atoms with Gasteiger partial charge in [-0.2, -0.15) is 0 Å². The molecular formula is C21H26ClIN4O. The summed E-state index contributed by atoms with van der Waals surface area (Å²) in [6.45, 7) is 2.74. The van der Waals surface area contributed by atoms with Gasteiger partial charge < -0.3 is 15.5 Å². The van der Waals surface area contributed by atoms with Gasteiger partial charge >= 0.3 is 0 Å². The standard InChI is InChI=1S/C21H25ClN4O.HI/c1-23-21(25-13-16-7-4-5-10-19(16)22)24-12-6-11-20(27)26-14-17-8-2-3-9-18(17)15-26;/h2-5,7-10H,6,11-15H2,1H3,(H2,23,24,25);1H. The zero-order valence-corrected chi connectivity index (χ0v) is 19.0. The maximum Gasteiger partial charge on any atom is 0.223 e. The van der Waals surface area contributed by atoms with E-state index in [0.717, 1.165) is 30.1 Å². The number of guanidine groups is 1. The van der Waals surface area contributed by atoms with Crippen LogP contribution in [0, 0.1) is 0 Å². The lowest BCUT2D eigenvalue weighted by Gasteiger charge is -2.16. The predicted molar refractivity (Wildman–Crippen MR) is 125 cm³/mol. The molecular weight excluding hydrogens is 487 g/mol. The zero-order valence-electron chi connectivity index (χ0n) is 16.0. The molecule has 150 valence electrons. The Balaban J connectivity index is 0.00000280. The van der Waals surface area contributed by atoms with Gasteiger partial charge in [-0.15, -0.1) is 24.0 Å². The molecule has 0 fully saturated rings. The number of carbonyl (C=O) groups excluding carboxylic acids is 1. The number of carbonyl (C=O) groups is 1. The number of nitrogens with one attached hydrogen (secondary N) is 2. The molecule has 0 saturated carbocycles. The molecule has 28 heavy (non-hydrogen) atoms. The van der Waals surface area contributed by atoms with E-state index in [0.29, 0.717) is 25.5 Å². The summed E-state index contributed by atoms with van der Waals surface area (Å²) in [5.41, 5.74) is 3.53. The first-order valence-corrected chi connectivity index (χ1v) is 9.57.